The number of hydrogen-bond donors (Lipinski definition) is 2. The molecule has 2 unspecified atom stereocenters. The van der Waals surface area contributed by atoms with Gasteiger partial charge in [-0.15, -0.1) is 0 Å². The van der Waals surface area contributed by atoms with E-state index in [1.54, 1.807) is 0 Å². The van der Waals surface area contributed by atoms with Crippen LogP contribution in [0.3, 0.4) is 0 Å². The van der Waals surface area contributed by atoms with Crippen LogP contribution in [0.5, 0.6) is 0 Å². The van der Waals surface area contributed by atoms with Crippen molar-refractivity contribution in [2.45, 2.75) is 25.9 Å². The molecule has 14 heavy (non-hydrogen) atoms. The molecule has 0 aromatic heterocycles. The second kappa shape index (κ2) is 5.49. The molecule has 3 N–H and O–H groups in total. The Morgan fingerprint density at radius 1 is 1.36 bits per heavy atom. The largest absolute Gasteiger partial charge is 0.329 e. The fourth-order valence-corrected chi connectivity index (χ4v) is 2.04. The average molecular weight is 257 g/mol. The Bertz CT molecular complexity index is 288. The van der Waals surface area contributed by atoms with Crippen LogP contribution in [-0.2, 0) is 0 Å². The maximum Gasteiger partial charge on any atom is 0.0305 e. The number of nitrogens with one attached hydrogen (secondary N) is 1. The summed E-state index contributed by atoms with van der Waals surface area (Å²) in [5.41, 5.74) is 6.83. The van der Waals surface area contributed by atoms with Crippen molar-refractivity contribution in [3.8, 4) is 0 Å². The van der Waals surface area contributed by atoms with Crippen molar-refractivity contribution in [3.05, 3.63) is 34.3 Å². The smallest absolute Gasteiger partial charge is 0.0305 e. The zero-order chi connectivity index (χ0) is 10.6. The van der Waals surface area contributed by atoms with Crippen molar-refractivity contribution in [2.24, 2.45) is 5.73 Å². The molecule has 2 nitrogen and oxygen atoms in total. The topological polar surface area (TPSA) is 38.0 Å². The molecular formula is C11H17BrN2. The molecule has 0 aliphatic heterocycles. The Morgan fingerprint density at radius 3 is 2.57 bits per heavy atom. The zero-order valence-corrected chi connectivity index (χ0v) is 10.2. The number of halogens is 1. The van der Waals surface area contributed by atoms with Crippen LogP contribution in [0.2, 0.25) is 0 Å². The molecule has 0 spiro atoms. The Hall–Kier alpha value is -0.380. The van der Waals surface area contributed by atoms with E-state index in [-0.39, 0.29) is 0 Å². The third-order valence-corrected chi connectivity index (χ3v) is 2.98. The first-order valence-corrected chi connectivity index (χ1v) is 5.65. The van der Waals surface area contributed by atoms with Gasteiger partial charge in [-0.1, -0.05) is 34.1 Å². The molecule has 3 heteroatoms. The van der Waals surface area contributed by atoms with Gasteiger partial charge < -0.3 is 11.1 Å². The molecule has 0 aliphatic rings. The van der Waals surface area contributed by atoms with Crippen molar-refractivity contribution < 1.29 is 0 Å². The van der Waals surface area contributed by atoms with E-state index in [4.69, 9.17) is 5.73 Å². The first-order chi connectivity index (χ1) is 6.65. The lowest BCUT2D eigenvalue weighted by atomic mass is 10.1. The van der Waals surface area contributed by atoms with E-state index in [9.17, 15) is 0 Å². The van der Waals surface area contributed by atoms with Crippen LogP contribution in [0.15, 0.2) is 28.7 Å². The summed E-state index contributed by atoms with van der Waals surface area (Å²) in [7, 11) is 0. The standard InChI is InChI=1S/C11H17BrN2/c1-8(7-13)14-9(2)10-5-3-4-6-11(10)12/h3-6,8-9,14H,7,13H2,1-2H3. The van der Waals surface area contributed by atoms with Crippen LogP contribution in [-0.4, -0.2) is 12.6 Å². The van der Waals surface area contributed by atoms with Gasteiger partial charge in [0.2, 0.25) is 0 Å². The Labute approximate surface area is 94.0 Å². The van der Waals surface area contributed by atoms with Crippen LogP contribution >= 0.6 is 15.9 Å². The van der Waals surface area contributed by atoms with Crippen LogP contribution in [0.1, 0.15) is 25.5 Å². The van der Waals surface area contributed by atoms with Crippen molar-refractivity contribution in [1.29, 1.82) is 0 Å². The lowest BCUT2D eigenvalue weighted by Crippen LogP contribution is -2.35. The van der Waals surface area contributed by atoms with Crippen LogP contribution in [0, 0.1) is 0 Å². The highest BCUT2D eigenvalue weighted by Gasteiger charge is 2.10. The maximum atomic E-state index is 5.56. The van der Waals surface area contributed by atoms with E-state index >= 15 is 0 Å². The third-order valence-electron chi connectivity index (χ3n) is 2.26. The first-order valence-electron chi connectivity index (χ1n) is 4.85. The van der Waals surface area contributed by atoms with Crippen LogP contribution in [0.25, 0.3) is 0 Å². The lowest BCUT2D eigenvalue weighted by Gasteiger charge is -2.20. The molecule has 0 fully saturated rings. The maximum absolute atomic E-state index is 5.56. The Kier molecular flexibility index (Phi) is 4.58. The predicted octanol–water partition coefficient (Wildman–Crippen LogP) is 2.45. The highest BCUT2D eigenvalue weighted by molar-refractivity contribution is 9.10. The SMILES string of the molecule is CC(CN)NC(C)c1ccccc1Br. The summed E-state index contributed by atoms with van der Waals surface area (Å²) < 4.78 is 1.14. The highest BCUT2D eigenvalue weighted by atomic mass is 79.9. The fraction of sp³-hybridized carbons (Fsp3) is 0.455. The Balaban J connectivity index is 2.69. The molecule has 0 amide bonds. The molecule has 78 valence electrons. The molecule has 1 aromatic carbocycles. The molecule has 0 aliphatic carbocycles. The predicted molar refractivity (Wildman–Crippen MR) is 64.2 cm³/mol. The zero-order valence-electron chi connectivity index (χ0n) is 8.63. The average Bonchev–Trinajstić information content (AvgIpc) is 2.18. The van der Waals surface area contributed by atoms with Crippen LogP contribution in [0.4, 0.5) is 0 Å². The number of nitrogens with two attached hydrogens (primary N) is 1. The number of rotatable bonds is 4. The van der Waals surface area contributed by atoms with E-state index in [1.165, 1.54) is 5.56 Å². The lowest BCUT2D eigenvalue weighted by molar-refractivity contribution is 0.484. The number of benzene rings is 1. The van der Waals surface area contributed by atoms with Crippen molar-refractivity contribution in [3.63, 3.8) is 0 Å². The van der Waals surface area contributed by atoms with Gasteiger partial charge in [-0.3, -0.25) is 0 Å². The second-order valence-electron chi connectivity index (χ2n) is 3.55. The van der Waals surface area contributed by atoms with Gasteiger partial charge in [0, 0.05) is 23.1 Å². The summed E-state index contributed by atoms with van der Waals surface area (Å²) in [4.78, 5) is 0. The van der Waals surface area contributed by atoms with Crippen LogP contribution < -0.4 is 11.1 Å². The second-order valence-corrected chi connectivity index (χ2v) is 4.40. The van der Waals surface area contributed by atoms with Crippen molar-refractivity contribution >= 4 is 15.9 Å². The summed E-state index contributed by atoms with van der Waals surface area (Å²) in [5, 5.41) is 3.43. The van der Waals surface area contributed by atoms with Gasteiger partial charge in [0.25, 0.3) is 0 Å². The minimum absolute atomic E-state index is 0.323. The van der Waals surface area contributed by atoms with Gasteiger partial charge >= 0.3 is 0 Å². The summed E-state index contributed by atoms with van der Waals surface area (Å²) in [6.07, 6.45) is 0. The minimum Gasteiger partial charge on any atom is -0.329 e. The Morgan fingerprint density at radius 2 is 2.00 bits per heavy atom. The van der Waals surface area contributed by atoms with Gasteiger partial charge in [-0.2, -0.15) is 0 Å². The fourth-order valence-electron chi connectivity index (χ4n) is 1.41. The van der Waals surface area contributed by atoms with E-state index in [0.29, 0.717) is 18.6 Å². The summed E-state index contributed by atoms with van der Waals surface area (Å²) >= 11 is 3.54. The third kappa shape index (κ3) is 3.08. The van der Waals surface area contributed by atoms with E-state index < -0.39 is 0 Å². The van der Waals surface area contributed by atoms with Crippen molar-refractivity contribution in [2.75, 3.05) is 6.54 Å². The highest BCUT2D eigenvalue weighted by Crippen LogP contribution is 2.22. The molecule has 2 atom stereocenters. The summed E-state index contributed by atoms with van der Waals surface area (Å²) in [6.45, 7) is 4.90. The molecule has 0 saturated carbocycles. The first kappa shape index (κ1) is 11.7. The van der Waals surface area contributed by atoms with Gasteiger partial charge in [-0.25, -0.2) is 0 Å². The van der Waals surface area contributed by atoms with Gasteiger partial charge in [-0.05, 0) is 25.5 Å². The quantitative estimate of drug-likeness (QED) is 0.869. The molecule has 1 aromatic rings. The molecule has 0 saturated heterocycles. The van der Waals surface area contributed by atoms with Gasteiger partial charge in [0.05, 0.1) is 0 Å². The van der Waals surface area contributed by atoms with E-state index in [1.807, 2.05) is 12.1 Å². The monoisotopic (exact) mass is 256 g/mol. The number of hydrogen-bond acceptors (Lipinski definition) is 2. The minimum atomic E-state index is 0.323. The van der Waals surface area contributed by atoms with Gasteiger partial charge in [0.1, 0.15) is 0 Å². The normalized spacial score (nSPS) is 15.1. The van der Waals surface area contributed by atoms with Crippen molar-refractivity contribution in [1.82, 2.24) is 5.32 Å². The van der Waals surface area contributed by atoms with E-state index in [2.05, 4.69) is 47.2 Å². The van der Waals surface area contributed by atoms with E-state index in [0.717, 1.165) is 4.47 Å². The summed E-state index contributed by atoms with van der Waals surface area (Å²) in [5.74, 6) is 0. The van der Waals surface area contributed by atoms with Gasteiger partial charge in [0.15, 0.2) is 0 Å². The summed E-state index contributed by atoms with van der Waals surface area (Å²) in [6, 6.07) is 8.91. The molecule has 0 bridgehead atoms. The molecular weight excluding hydrogens is 240 g/mol. The molecule has 1 rings (SSSR count). The molecule has 0 heterocycles. The molecule has 0 radical (unpaired) electrons.